The molecule has 1 aromatic carbocycles. The van der Waals surface area contributed by atoms with Crippen LogP contribution in [-0.2, 0) is 16.6 Å². The van der Waals surface area contributed by atoms with E-state index in [0.717, 1.165) is 36.2 Å². The second kappa shape index (κ2) is 8.17. The summed E-state index contributed by atoms with van der Waals surface area (Å²) in [4.78, 5) is 0.314. The van der Waals surface area contributed by atoms with Crippen LogP contribution in [0.2, 0.25) is 5.15 Å². The van der Waals surface area contributed by atoms with Crippen molar-refractivity contribution in [1.29, 1.82) is 0 Å². The molecule has 4 rings (SSSR count). The molecular formula is C21H26ClN5O2S. The van der Waals surface area contributed by atoms with Gasteiger partial charge in [0.15, 0.2) is 0 Å². The van der Waals surface area contributed by atoms with Crippen molar-refractivity contribution in [3.8, 4) is 5.69 Å². The minimum Gasteiger partial charge on any atom is -0.264 e. The number of hydrogen-bond acceptors (Lipinski definition) is 4. The van der Waals surface area contributed by atoms with Crippen molar-refractivity contribution >= 4 is 21.6 Å². The monoisotopic (exact) mass is 447 g/mol. The number of nitrogens with zero attached hydrogens (tertiary/aromatic N) is 5. The van der Waals surface area contributed by atoms with Crippen molar-refractivity contribution in [3.63, 3.8) is 0 Å². The number of piperidine rings is 1. The number of aromatic nitrogens is 4. The zero-order valence-corrected chi connectivity index (χ0v) is 19.0. The minimum atomic E-state index is -3.56. The molecular weight excluding hydrogens is 422 g/mol. The third kappa shape index (κ3) is 3.68. The molecule has 0 bridgehead atoms. The van der Waals surface area contributed by atoms with E-state index in [1.165, 1.54) is 0 Å². The van der Waals surface area contributed by atoms with Crippen LogP contribution < -0.4 is 0 Å². The van der Waals surface area contributed by atoms with Crippen molar-refractivity contribution in [2.75, 3.05) is 13.1 Å². The molecule has 0 N–H and O–H groups in total. The fourth-order valence-corrected chi connectivity index (χ4v) is 6.26. The fourth-order valence-electron chi connectivity index (χ4n) is 4.04. The molecule has 0 atom stereocenters. The highest BCUT2D eigenvalue weighted by Crippen LogP contribution is 2.29. The normalized spacial score (nSPS) is 15.6. The Hall–Kier alpha value is -2.16. The van der Waals surface area contributed by atoms with Gasteiger partial charge in [-0.15, -0.1) is 0 Å². The molecule has 0 saturated carbocycles. The van der Waals surface area contributed by atoms with Crippen LogP contribution in [-0.4, -0.2) is 45.4 Å². The number of sulfonamides is 1. The third-order valence-electron chi connectivity index (χ3n) is 5.66. The summed E-state index contributed by atoms with van der Waals surface area (Å²) in [7, 11) is -3.56. The van der Waals surface area contributed by atoms with E-state index in [-0.39, 0.29) is 0 Å². The van der Waals surface area contributed by atoms with Crippen LogP contribution in [0.4, 0.5) is 0 Å². The van der Waals surface area contributed by atoms with E-state index in [4.69, 9.17) is 11.6 Å². The van der Waals surface area contributed by atoms with Crippen LogP contribution >= 0.6 is 11.6 Å². The first-order valence-corrected chi connectivity index (χ1v) is 12.0. The zero-order valence-electron chi connectivity index (χ0n) is 17.5. The van der Waals surface area contributed by atoms with Crippen LogP contribution in [0.3, 0.4) is 0 Å². The van der Waals surface area contributed by atoms with Gasteiger partial charge in [-0.25, -0.2) is 13.1 Å². The summed E-state index contributed by atoms with van der Waals surface area (Å²) >= 11 is 6.66. The molecule has 1 fully saturated rings. The minimum absolute atomic E-state index is 0.314. The highest BCUT2D eigenvalue weighted by atomic mass is 35.5. The van der Waals surface area contributed by atoms with Gasteiger partial charge >= 0.3 is 0 Å². The molecule has 3 aromatic rings. The second-order valence-corrected chi connectivity index (χ2v) is 9.96. The predicted octanol–water partition coefficient (Wildman–Crippen LogP) is 3.87. The van der Waals surface area contributed by atoms with E-state index in [9.17, 15) is 8.42 Å². The summed E-state index contributed by atoms with van der Waals surface area (Å²) in [6.45, 7) is 6.96. The first-order valence-electron chi connectivity index (χ1n) is 10.1. The van der Waals surface area contributed by atoms with Gasteiger partial charge in [-0.2, -0.15) is 14.5 Å². The molecule has 0 spiro atoms. The van der Waals surface area contributed by atoms with E-state index in [0.29, 0.717) is 41.1 Å². The quantitative estimate of drug-likeness (QED) is 0.595. The molecule has 1 aliphatic rings. The van der Waals surface area contributed by atoms with Crippen molar-refractivity contribution < 1.29 is 8.42 Å². The fraction of sp³-hybridized carbons (Fsp3) is 0.429. The van der Waals surface area contributed by atoms with Crippen LogP contribution in [0.25, 0.3) is 5.69 Å². The van der Waals surface area contributed by atoms with Gasteiger partial charge in [0.25, 0.3) is 0 Å². The van der Waals surface area contributed by atoms with Gasteiger partial charge in [0.05, 0.1) is 29.3 Å². The molecule has 7 nitrogen and oxygen atoms in total. The summed E-state index contributed by atoms with van der Waals surface area (Å²) in [6, 6.07) is 9.68. The predicted molar refractivity (Wildman–Crippen MR) is 117 cm³/mol. The first kappa shape index (κ1) is 21.1. The molecule has 0 amide bonds. The van der Waals surface area contributed by atoms with Crippen LogP contribution in [0.15, 0.2) is 35.2 Å². The number of aryl methyl sites for hydroxylation is 2. The molecule has 1 saturated heterocycles. The first-order chi connectivity index (χ1) is 14.3. The summed E-state index contributed by atoms with van der Waals surface area (Å²) < 4.78 is 31.5. The Morgan fingerprint density at radius 3 is 2.30 bits per heavy atom. The number of benzene rings is 1. The molecule has 0 unspecified atom stereocenters. The van der Waals surface area contributed by atoms with Crippen molar-refractivity contribution in [3.05, 3.63) is 58.1 Å². The summed E-state index contributed by atoms with van der Waals surface area (Å²) in [5.74, 6) is 0. The molecule has 9 heteroatoms. The van der Waals surface area contributed by atoms with E-state index in [1.807, 2.05) is 44.2 Å². The Balaban J connectivity index is 1.69. The van der Waals surface area contributed by atoms with E-state index in [2.05, 4.69) is 10.2 Å². The van der Waals surface area contributed by atoms with Crippen molar-refractivity contribution in [2.24, 2.45) is 0 Å². The van der Waals surface area contributed by atoms with E-state index >= 15 is 0 Å². The van der Waals surface area contributed by atoms with E-state index in [1.54, 1.807) is 20.6 Å². The summed E-state index contributed by atoms with van der Waals surface area (Å²) in [6.07, 6.45) is 2.88. The van der Waals surface area contributed by atoms with Gasteiger partial charge in [0.1, 0.15) is 10.0 Å². The lowest BCUT2D eigenvalue weighted by Gasteiger charge is -2.26. The Morgan fingerprint density at radius 2 is 1.63 bits per heavy atom. The summed E-state index contributed by atoms with van der Waals surface area (Å²) in [5, 5.41) is 9.63. The SMILES string of the molecule is Cc1nn(-c2ccccc2)c(Cl)c1Cn1nc(C)c(S(=O)(=O)N2CCCCC2)c1C. The van der Waals surface area contributed by atoms with Crippen LogP contribution in [0, 0.1) is 20.8 Å². The molecule has 3 heterocycles. The van der Waals surface area contributed by atoms with Gasteiger partial charge in [-0.05, 0) is 45.7 Å². The Morgan fingerprint density at radius 1 is 0.967 bits per heavy atom. The molecule has 1 aliphatic heterocycles. The molecule has 30 heavy (non-hydrogen) atoms. The van der Waals surface area contributed by atoms with Crippen molar-refractivity contribution in [1.82, 2.24) is 23.9 Å². The molecule has 2 aromatic heterocycles. The number of para-hydroxylation sites is 1. The Kier molecular flexibility index (Phi) is 5.74. The van der Waals surface area contributed by atoms with E-state index < -0.39 is 10.0 Å². The highest BCUT2D eigenvalue weighted by Gasteiger charge is 2.32. The van der Waals surface area contributed by atoms with Gasteiger partial charge in [-0.3, -0.25) is 4.68 Å². The van der Waals surface area contributed by atoms with Gasteiger partial charge in [-0.1, -0.05) is 36.2 Å². The maximum Gasteiger partial charge on any atom is 0.246 e. The Labute approximate surface area is 182 Å². The zero-order chi connectivity index (χ0) is 21.5. The van der Waals surface area contributed by atoms with Gasteiger partial charge in [0, 0.05) is 18.7 Å². The van der Waals surface area contributed by atoms with Crippen LogP contribution in [0.5, 0.6) is 0 Å². The van der Waals surface area contributed by atoms with Gasteiger partial charge in [0.2, 0.25) is 10.0 Å². The molecule has 160 valence electrons. The summed E-state index contributed by atoms with van der Waals surface area (Å²) in [5.41, 5.74) is 3.63. The average molecular weight is 448 g/mol. The lowest BCUT2D eigenvalue weighted by molar-refractivity contribution is 0.346. The number of halogens is 1. The average Bonchev–Trinajstić information content (AvgIpc) is 3.19. The number of hydrogen-bond donors (Lipinski definition) is 0. The Bertz CT molecular complexity index is 1160. The lowest BCUT2D eigenvalue weighted by atomic mass is 10.2. The second-order valence-electron chi connectivity index (χ2n) is 7.72. The van der Waals surface area contributed by atoms with Crippen molar-refractivity contribution in [2.45, 2.75) is 51.5 Å². The lowest BCUT2D eigenvalue weighted by Crippen LogP contribution is -2.36. The van der Waals surface area contributed by atoms with Gasteiger partial charge < -0.3 is 0 Å². The smallest absolute Gasteiger partial charge is 0.246 e. The highest BCUT2D eigenvalue weighted by molar-refractivity contribution is 7.89. The topological polar surface area (TPSA) is 73.0 Å². The molecule has 0 aliphatic carbocycles. The standard InChI is InChI=1S/C21H26ClN5O2S/c1-15-19(21(22)27(24-15)18-10-6-4-7-11-18)14-26-17(3)20(16(2)23-26)30(28,29)25-12-8-5-9-13-25/h4,6-7,10-11H,5,8-9,12-14H2,1-3H3. The van der Waals surface area contributed by atoms with Crippen LogP contribution in [0.1, 0.15) is 41.9 Å². The maximum absolute atomic E-state index is 13.2. The maximum atomic E-state index is 13.2. The molecule has 0 radical (unpaired) electrons. The largest absolute Gasteiger partial charge is 0.264 e. The number of rotatable bonds is 5. The third-order valence-corrected chi connectivity index (χ3v) is 8.20.